The fourth-order valence-corrected chi connectivity index (χ4v) is 3.38. The Balaban J connectivity index is 0.00000480. The van der Waals surface area contributed by atoms with E-state index in [0.29, 0.717) is 23.9 Å². The lowest BCUT2D eigenvalue weighted by Gasteiger charge is -2.18. The number of nitrogens with zero attached hydrogens (tertiary/aromatic N) is 1. The minimum atomic E-state index is -3.19. The highest BCUT2D eigenvalue weighted by atomic mass is 127. The summed E-state index contributed by atoms with van der Waals surface area (Å²) in [5, 5.41) is 6.60. The van der Waals surface area contributed by atoms with Crippen LogP contribution in [-0.4, -0.2) is 33.3 Å². The summed E-state index contributed by atoms with van der Waals surface area (Å²) in [6.07, 6.45) is 2.31. The molecule has 2 rings (SSSR count). The normalized spacial score (nSPS) is 12.6. The Kier molecular flexibility index (Phi) is 11.3. The Morgan fingerprint density at radius 3 is 2.35 bits per heavy atom. The lowest BCUT2D eigenvalue weighted by molar-refractivity contribution is 0.215. The molecule has 2 aromatic carbocycles. The molecule has 1 atom stereocenters. The highest BCUT2D eigenvalue weighted by Gasteiger charge is 2.09. The number of sulfone groups is 1. The molecule has 0 aliphatic heterocycles. The average molecular weight is 560 g/mol. The standard InChI is InChI=1S/C23H33N3O3S.HI/c1-6-18(4)29-22-14-17(3)8-11-20(22)16-26-23(24-7-2)25-15-19-9-12-21(13-10-19)30(5,27)28;/h8-14,18H,6-7,15-16H2,1-5H3,(H2,24,25,26);1H. The largest absolute Gasteiger partial charge is 0.490 e. The fourth-order valence-electron chi connectivity index (χ4n) is 2.75. The molecule has 8 heteroatoms. The number of aliphatic imine (C=N–C) groups is 1. The van der Waals surface area contributed by atoms with E-state index in [-0.39, 0.29) is 30.1 Å². The topological polar surface area (TPSA) is 79.8 Å². The summed E-state index contributed by atoms with van der Waals surface area (Å²) in [5.41, 5.74) is 3.18. The van der Waals surface area contributed by atoms with E-state index >= 15 is 0 Å². The second kappa shape index (κ2) is 12.9. The predicted octanol–water partition coefficient (Wildman–Crippen LogP) is 4.45. The maximum absolute atomic E-state index is 11.6. The molecule has 0 saturated carbocycles. The fraction of sp³-hybridized carbons (Fsp3) is 0.435. The van der Waals surface area contributed by atoms with Gasteiger partial charge in [-0.15, -0.1) is 24.0 Å². The average Bonchev–Trinajstić information content (AvgIpc) is 2.70. The van der Waals surface area contributed by atoms with Gasteiger partial charge in [-0.3, -0.25) is 0 Å². The Morgan fingerprint density at radius 2 is 1.77 bits per heavy atom. The van der Waals surface area contributed by atoms with Crippen molar-refractivity contribution < 1.29 is 13.2 Å². The number of nitrogens with one attached hydrogen (secondary N) is 2. The molecule has 0 aromatic heterocycles. The summed E-state index contributed by atoms with van der Waals surface area (Å²) in [7, 11) is -3.19. The Hall–Kier alpha value is -1.81. The molecule has 2 N–H and O–H groups in total. The van der Waals surface area contributed by atoms with Crippen molar-refractivity contribution in [2.24, 2.45) is 4.99 Å². The summed E-state index contributed by atoms with van der Waals surface area (Å²) in [4.78, 5) is 4.93. The lowest BCUT2D eigenvalue weighted by atomic mass is 10.1. The number of guanidine groups is 1. The van der Waals surface area contributed by atoms with Gasteiger partial charge in [-0.05, 0) is 56.5 Å². The smallest absolute Gasteiger partial charge is 0.191 e. The minimum Gasteiger partial charge on any atom is -0.490 e. The van der Waals surface area contributed by atoms with E-state index in [4.69, 9.17) is 4.74 Å². The van der Waals surface area contributed by atoms with Crippen LogP contribution in [0.15, 0.2) is 52.4 Å². The van der Waals surface area contributed by atoms with Gasteiger partial charge >= 0.3 is 0 Å². The molecule has 172 valence electrons. The zero-order valence-electron chi connectivity index (χ0n) is 18.9. The molecule has 0 aliphatic rings. The quantitative estimate of drug-likeness (QED) is 0.270. The molecule has 0 aliphatic carbocycles. The number of halogens is 1. The first-order chi connectivity index (χ1) is 14.2. The van der Waals surface area contributed by atoms with E-state index < -0.39 is 9.84 Å². The van der Waals surface area contributed by atoms with Gasteiger partial charge < -0.3 is 15.4 Å². The van der Waals surface area contributed by atoms with E-state index in [1.807, 2.05) is 6.92 Å². The molecular weight excluding hydrogens is 525 g/mol. The lowest BCUT2D eigenvalue weighted by Crippen LogP contribution is -2.37. The third kappa shape index (κ3) is 9.06. The number of benzene rings is 2. The van der Waals surface area contributed by atoms with Crippen LogP contribution in [0.3, 0.4) is 0 Å². The first-order valence-electron chi connectivity index (χ1n) is 10.3. The number of rotatable bonds is 9. The van der Waals surface area contributed by atoms with E-state index in [9.17, 15) is 8.42 Å². The molecule has 0 bridgehead atoms. The van der Waals surface area contributed by atoms with Crippen LogP contribution in [0.25, 0.3) is 0 Å². The second-order valence-corrected chi connectivity index (χ2v) is 9.43. The highest BCUT2D eigenvalue weighted by molar-refractivity contribution is 14.0. The van der Waals surface area contributed by atoms with Crippen LogP contribution in [0.5, 0.6) is 5.75 Å². The van der Waals surface area contributed by atoms with Crippen LogP contribution < -0.4 is 15.4 Å². The van der Waals surface area contributed by atoms with Crippen molar-refractivity contribution in [3.05, 3.63) is 59.2 Å². The summed E-state index contributed by atoms with van der Waals surface area (Å²) in [5.74, 6) is 1.59. The molecule has 1 unspecified atom stereocenters. The third-order valence-electron chi connectivity index (χ3n) is 4.69. The van der Waals surface area contributed by atoms with Crippen LogP contribution in [0.2, 0.25) is 0 Å². The Morgan fingerprint density at radius 1 is 1.10 bits per heavy atom. The molecular formula is C23H34IN3O3S. The SMILES string of the molecule is CCNC(=NCc1ccc(S(C)(=O)=O)cc1)NCc1ccc(C)cc1OC(C)CC.I. The van der Waals surface area contributed by atoms with Crippen LogP contribution in [0, 0.1) is 6.92 Å². The number of hydrogen-bond donors (Lipinski definition) is 2. The molecule has 0 spiro atoms. The maximum atomic E-state index is 11.6. The zero-order valence-corrected chi connectivity index (χ0v) is 22.1. The predicted molar refractivity (Wildman–Crippen MR) is 138 cm³/mol. The molecule has 6 nitrogen and oxygen atoms in total. The Labute approximate surface area is 203 Å². The molecule has 2 aromatic rings. The molecule has 0 heterocycles. The van der Waals surface area contributed by atoms with Crippen LogP contribution in [-0.2, 0) is 22.9 Å². The van der Waals surface area contributed by atoms with Gasteiger partial charge in [-0.25, -0.2) is 13.4 Å². The highest BCUT2D eigenvalue weighted by Crippen LogP contribution is 2.22. The van der Waals surface area contributed by atoms with Crippen molar-refractivity contribution in [2.45, 2.75) is 58.2 Å². The van der Waals surface area contributed by atoms with Gasteiger partial charge in [0.15, 0.2) is 15.8 Å². The third-order valence-corrected chi connectivity index (χ3v) is 5.82. The van der Waals surface area contributed by atoms with Gasteiger partial charge in [-0.1, -0.05) is 31.2 Å². The van der Waals surface area contributed by atoms with Crippen molar-refractivity contribution in [3.8, 4) is 5.75 Å². The monoisotopic (exact) mass is 559 g/mol. The van der Waals surface area contributed by atoms with Crippen LogP contribution in [0.1, 0.15) is 43.9 Å². The second-order valence-electron chi connectivity index (χ2n) is 7.41. The molecule has 0 saturated heterocycles. The Bertz CT molecular complexity index is 961. The summed E-state index contributed by atoms with van der Waals surface area (Å²) in [6, 6.07) is 13.0. The van der Waals surface area contributed by atoms with Crippen LogP contribution in [0.4, 0.5) is 0 Å². The maximum Gasteiger partial charge on any atom is 0.191 e. The van der Waals surface area contributed by atoms with Crippen molar-refractivity contribution >= 4 is 39.8 Å². The van der Waals surface area contributed by atoms with Gasteiger partial charge in [-0.2, -0.15) is 0 Å². The minimum absolute atomic E-state index is 0. The van der Waals surface area contributed by atoms with Crippen molar-refractivity contribution in [3.63, 3.8) is 0 Å². The van der Waals surface area contributed by atoms with Crippen molar-refractivity contribution in [1.29, 1.82) is 0 Å². The first kappa shape index (κ1) is 27.2. The van der Waals surface area contributed by atoms with E-state index in [0.717, 1.165) is 35.4 Å². The van der Waals surface area contributed by atoms with Gasteiger partial charge in [0.2, 0.25) is 0 Å². The first-order valence-corrected chi connectivity index (χ1v) is 12.2. The number of ether oxygens (including phenoxy) is 1. The number of hydrogen-bond acceptors (Lipinski definition) is 4. The van der Waals surface area contributed by atoms with E-state index in [2.05, 4.69) is 54.6 Å². The summed E-state index contributed by atoms with van der Waals surface area (Å²) in [6.45, 7) is 10.0. The molecule has 0 radical (unpaired) electrons. The molecule has 0 amide bonds. The number of aryl methyl sites for hydroxylation is 1. The summed E-state index contributed by atoms with van der Waals surface area (Å²) >= 11 is 0. The van der Waals surface area contributed by atoms with Crippen LogP contribution >= 0.6 is 24.0 Å². The molecule has 31 heavy (non-hydrogen) atoms. The van der Waals surface area contributed by atoms with Crippen molar-refractivity contribution in [1.82, 2.24) is 10.6 Å². The van der Waals surface area contributed by atoms with Gasteiger partial charge in [0.25, 0.3) is 0 Å². The molecule has 0 fully saturated rings. The van der Waals surface area contributed by atoms with Gasteiger partial charge in [0.1, 0.15) is 5.75 Å². The van der Waals surface area contributed by atoms with E-state index in [1.165, 1.54) is 6.26 Å². The van der Waals surface area contributed by atoms with Gasteiger partial charge in [0.05, 0.1) is 17.5 Å². The van der Waals surface area contributed by atoms with Crippen molar-refractivity contribution in [2.75, 3.05) is 12.8 Å². The zero-order chi connectivity index (χ0) is 22.1. The van der Waals surface area contributed by atoms with Gasteiger partial charge in [0, 0.05) is 24.9 Å². The summed E-state index contributed by atoms with van der Waals surface area (Å²) < 4.78 is 29.3. The van der Waals surface area contributed by atoms with E-state index in [1.54, 1.807) is 24.3 Å².